The van der Waals surface area contributed by atoms with E-state index in [1.807, 2.05) is 31.2 Å². The first-order valence-corrected chi connectivity index (χ1v) is 9.36. The molecule has 3 aromatic carbocycles. The van der Waals surface area contributed by atoms with Crippen molar-refractivity contribution in [3.63, 3.8) is 0 Å². The van der Waals surface area contributed by atoms with Gasteiger partial charge in [-0.1, -0.05) is 47.5 Å². The standard InChI is InChI=1S/C22H18ClN3O4/c1-15-2-4-16(5-3-15)14-30-19-9-7-18(8-10-19)22(27)25-24-13-17-6-11-20(23)21(12-17)26(28)29/h2-13H,14H2,1H3,(H,25,27)/b24-13+. The molecule has 152 valence electrons. The number of nitro groups is 1. The fraction of sp³-hybridized carbons (Fsp3) is 0.0909. The number of nitrogens with zero attached hydrogens (tertiary/aromatic N) is 2. The number of rotatable bonds is 7. The van der Waals surface area contributed by atoms with Gasteiger partial charge in [0.2, 0.25) is 0 Å². The lowest BCUT2D eigenvalue weighted by Crippen LogP contribution is -2.17. The van der Waals surface area contributed by atoms with Gasteiger partial charge in [-0.3, -0.25) is 14.9 Å². The van der Waals surface area contributed by atoms with Gasteiger partial charge in [0.25, 0.3) is 11.6 Å². The van der Waals surface area contributed by atoms with Crippen LogP contribution in [0, 0.1) is 17.0 Å². The topological polar surface area (TPSA) is 93.8 Å². The Morgan fingerprint density at radius 2 is 1.83 bits per heavy atom. The van der Waals surface area contributed by atoms with Crippen LogP contribution < -0.4 is 10.2 Å². The van der Waals surface area contributed by atoms with E-state index in [1.165, 1.54) is 23.9 Å². The summed E-state index contributed by atoms with van der Waals surface area (Å²) in [5, 5.41) is 14.8. The number of carbonyl (C=O) groups is 1. The minimum Gasteiger partial charge on any atom is -0.489 e. The molecule has 3 rings (SSSR count). The summed E-state index contributed by atoms with van der Waals surface area (Å²) in [5.41, 5.74) is 5.23. The van der Waals surface area contributed by atoms with Crippen LogP contribution in [-0.4, -0.2) is 17.0 Å². The van der Waals surface area contributed by atoms with Gasteiger partial charge in [-0.2, -0.15) is 5.10 Å². The lowest BCUT2D eigenvalue weighted by Gasteiger charge is -2.07. The third-order valence-electron chi connectivity index (χ3n) is 4.19. The van der Waals surface area contributed by atoms with Crippen LogP contribution in [0.3, 0.4) is 0 Å². The van der Waals surface area contributed by atoms with E-state index in [1.54, 1.807) is 30.3 Å². The highest BCUT2D eigenvalue weighted by Crippen LogP contribution is 2.24. The second-order valence-electron chi connectivity index (χ2n) is 6.47. The molecule has 7 nitrogen and oxygen atoms in total. The van der Waals surface area contributed by atoms with Crippen LogP contribution in [0.1, 0.15) is 27.0 Å². The van der Waals surface area contributed by atoms with E-state index in [4.69, 9.17) is 16.3 Å². The third-order valence-corrected chi connectivity index (χ3v) is 4.51. The van der Waals surface area contributed by atoms with Crippen LogP contribution in [0.25, 0.3) is 0 Å². The first-order valence-electron chi connectivity index (χ1n) is 8.98. The lowest BCUT2D eigenvalue weighted by molar-refractivity contribution is -0.384. The summed E-state index contributed by atoms with van der Waals surface area (Å²) in [6, 6.07) is 19.0. The normalized spacial score (nSPS) is 10.7. The average Bonchev–Trinajstić information content (AvgIpc) is 2.74. The summed E-state index contributed by atoms with van der Waals surface area (Å²) >= 11 is 5.77. The molecule has 0 saturated heterocycles. The van der Waals surface area contributed by atoms with E-state index in [0.29, 0.717) is 23.5 Å². The van der Waals surface area contributed by atoms with Gasteiger partial charge < -0.3 is 4.74 Å². The molecule has 0 fully saturated rings. The number of nitrogens with one attached hydrogen (secondary N) is 1. The molecular weight excluding hydrogens is 406 g/mol. The van der Waals surface area contributed by atoms with Gasteiger partial charge >= 0.3 is 0 Å². The number of amides is 1. The summed E-state index contributed by atoms with van der Waals surface area (Å²) in [7, 11) is 0. The van der Waals surface area contributed by atoms with Gasteiger partial charge in [0, 0.05) is 17.2 Å². The van der Waals surface area contributed by atoms with Crippen LogP contribution in [-0.2, 0) is 6.61 Å². The molecule has 0 radical (unpaired) electrons. The van der Waals surface area contributed by atoms with E-state index in [9.17, 15) is 14.9 Å². The Balaban J connectivity index is 1.55. The van der Waals surface area contributed by atoms with Crippen molar-refractivity contribution in [3.05, 3.63) is 104 Å². The fourth-order valence-electron chi connectivity index (χ4n) is 2.53. The number of ether oxygens (including phenoxy) is 1. The van der Waals surface area contributed by atoms with E-state index in [2.05, 4.69) is 10.5 Å². The van der Waals surface area contributed by atoms with Crippen molar-refractivity contribution in [3.8, 4) is 5.75 Å². The van der Waals surface area contributed by atoms with Crippen molar-refractivity contribution >= 4 is 29.4 Å². The van der Waals surface area contributed by atoms with Crippen molar-refractivity contribution < 1.29 is 14.5 Å². The zero-order valence-electron chi connectivity index (χ0n) is 16.0. The maximum Gasteiger partial charge on any atom is 0.288 e. The second kappa shape index (κ2) is 9.67. The lowest BCUT2D eigenvalue weighted by atomic mass is 10.2. The predicted molar refractivity (Wildman–Crippen MR) is 115 cm³/mol. The molecule has 0 aliphatic rings. The van der Waals surface area contributed by atoms with Crippen LogP contribution >= 0.6 is 11.6 Å². The summed E-state index contributed by atoms with van der Waals surface area (Å²) in [6.45, 7) is 2.46. The highest BCUT2D eigenvalue weighted by atomic mass is 35.5. The molecule has 0 saturated carbocycles. The summed E-state index contributed by atoms with van der Waals surface area (Å²) < 4.78 is 5.72. The SMILES string of the molecule is Cc1ccc(COc2ccc(C(=O)N/N=C/c3ccc(Cl)c([N+](=O)[O-])c3)cc2)cc1. The molecule has 30 heavy (non-hydrogen) atoms. The minimum atomic E-state index is -0.583. The molecule has 0 unspecified atom stereocenters. The molecule has 0 aliphatic carbocycles. The number of hydrogen-bond acceptors (Lipinski definition) is 5. The first-order chi connectivity index (χ1) is 14.4. The van der Waals surface area contributed by atoms with E-state index in [-0.39, 0.29) is 10.7 Å². The zero-order valence-corrected chi connectivity index (χ0v) is 16.8. The van der Waals surface area contributed by atoms with E-state index >= 15 is 0 Å². The van der Waals surface area contributed by atoms with Crippen molar-refractivity contribution in [1.29, 1.82) is 0 Å². The van der Waals surface area contributed by atoms with Crippen molar-refractivity contribution in [2.24, 2.45) is 5.10 Å². The predicted octanol–water partition coefficient (Wildman–Crippen LogP) is 4.90. The molecule has 0 bridgehead atoms. The number of nitro benzene ring substituents is 1. The van der Waals surface area contributed by atoms with Crippen LogP contribution in [0.4, 0.5) is 5.69 Å². The Hall–Kier alpha value is -3.71. The van der Waals surface area contributed by atoms with Gasteiger partial charge in [0.05, 0.1) is 11.1 Å². The van der Waals surface area contributed by atoms with Gasteiger partial charge in [-0.05, 0) is 42.8 Å². The van der Waals surface area contributed by atoms with Crippen LogP contribution in [0.15, 0.2) is 71.8 Å². The van der Waals surface area contributed by atoms with Crippen LogP contribution in [0.5, 0.6) is 5.75 Å². The summed E-state index contributed by atoms with van der Waals surface area (Å²) in [6.07, 6.45) is 1.31. The molecule has 0 atom stereocenters. The zero-order chi connectivity index (χ0) is 21.5. The Morgan fingerprint density at radius 1 is 1.13 bits per heavy atom. The average molecular weight is 424 g/mol. The number of aryl methyl sites for hydroxylation is 1. The maximum atomic E-state index is 12.2. The molecular formula is C22H18ClN3O4. The monoisotopic (exact) mass is 423 g/mol. The van der Waals surface area contributed by atoms with Gasteiger partial charge in [0.1, 0.15) is 17.4 Å². The number of benzene rings is 3. The van der Waals surface area contributed by atoms with Gasteiger partial charge in [0.15, 0.2) is 0 Å². The minimum absolute atomic E-state index is 0.0332. The first kappa shape index (κ1) is 21.0. The van der Waals surface area contributed by atoms with Gasteiger partial charge in [-0.15, -0.1) is 0 Å². The number of hydrazone groups is 1. The third kappa shape index (κ3) is 5.65. The molecule has 8 heteroatoms. The maximum absolute atomic E-state index is 12.2. The molecule has 0 aliphatic heterocycles. The molecule has 1 N–H and O–H groups in total. The van der Waals surface area contributed by atoms with Crippen molar-refractivity contribution in [2.75, 3.05) is 0 Å². The van der Waals surface area contributed by atoms with Gasteiger partial charge in [-0.25, -0.2) is 5.43 Å². The molecule has 0 aromatic heterocycles. The Morgan fingerprint density at radius 3 is 2.50 bits per heavy atom. The molecule has 0 spiro atoms. The smallest absolute Gasteiger partial charge is 0.288 e. The number of halogens is 1. The Kier molecular flexibility index (Phi) is 6.77. The summed E-state index contributed by atoms with van der Waals surface area (Å²) in [5.74, 6) is 0.226. The molecule has 0 heterocycles. The molecule has 3 aromatic rings. The highest BCUT2D eigenvalue weighted by molar-refractivity contribution is 6.32. The fourth-order valence-corrected chi connectivity index (χ4v) is 2.72. The second-order valence-corrected chi connectivity index (χ2v) is 6.87. The summed E-state index contributed by atoms with van der Waals surface area (Å²) in [4.78, 5) is 22.5. The van der Waals surface area contributed by atoms with Crippen molar-refractivity contribution in [1.82, 2.24) is 5.43 Å². The van der Waals surface area contributed by atoms with E-state index in [0.717, 1.165) is 5.56 Å². The quantitative estimate of drug-likeness (QED) is 0.332. The number of carbonyl (C=O) groups excluding carboxylic acids is 1. The van der Waals surface area contributed by atoms with Crippen LogP contribution in [0.2, 0.25) is 5.02 Å². The Labute approximate surface area is 178 Å². The highest BCUT2D eigenvalue weighted by Gasteiger charge is 2.12. The number of hydrogen-bond donors (Lipinski definition) is 1. The largest absolute Gasteiger partial charge is 0.489 e. The Bertz CT molecular complexity index is 1080. The van der Waals surface area contributed by atoms with Crippen molar-refractivity contribution in [2.45, 2.75) is 13.5 Å². The molecule has 1 amide bonds. The van der Waals surface area contributed by atoms with E-state index < -0.39 is 10.8 Å².